The van der Waals surface area contributed by atoms with Crippen LogP contribution in [0.4, 0.5) is 0 Å². The average molecular weight is 626 g/mol. The number of hydrogen-bond acceptors (Lipinski definition) is 2. The highest BCUT2D eigenvalue weighted by Gasteiger charge is 2.40. The lowest BCUT2D eigenvalue weighted by atomic mass is 9.89. The van der Waals surface area contributed by atoms with Crippen molar-refractivity contribution in [3.8, 4) is 0 Å². The summed E-state index contributed by atoms with van der Waals surface area (Å²) in [6.07, 6.45) is -0.651. The molecule has 0 saturated heterocycles. The molecule has 0 saturated carbocycles. The molecule has 1 amide bonds. The Morgan fingerprint density at radius 1 is 0.545 bits per heavy atom. The van der Waals surface area contributed by atoms with Crippen LogP contribution in [0, 0.1) is 60.8 Å². The summed E-state index contributed by atoms with van der Waals surface area (Å²) in [5.74, 6) is 0.0168. The Bertz CT molecular complexity index is 1490. The molecule has 0 bridgehead atoms. The minimum Gasteiger partial charge on any atom is -0.336 e. The second kappa shape index (κ2) is 13.7. The SMILES string of the molecule is Cc1cc(C)cc(P(O[C@H](C(=O)N(C)P(c2cc(C)cc(C)c2)c2cc(C)cc(C)c2)C(C)(C)C)c2cc(C)cc(C)c2)c1. The lowest BCUT2D eigenvalue weighted by molar-refractivity contribution is -0.136. The molecular formula is C39H49NO2P2. The molecular weight excluding hydrogens is 576 g/mol. The number of carbonyl (C=O) groups is 1. The van der Waals surface area contributed by atoms with Gasteiger partial charge >= 0.3 is 0 Å². The van der Waals surface area contributed by atoms with Crippen LogP contribution in [0.3, 0.4) is 0 Å². The molecule has 5 heteroatoms. The maximum atomic E-state index is 14.9. The molecule has 0 radical (unpaired) electrons. The highest BCUT2D eigenvalue weighted by Crippen LogP contribution is 2.45. The monoisotopic (exact) mass is 625 g/mol. The van der Waals surface area contributed by atoms with Gasteiger partial charge in [0.05, 0.1) is 16.2 Å². The first-order chi connectivity index (χ1) is 20.5. The van der Waals surface area contributed by atoms with Gasteiger partial charge in [0.1, 0.15) is 6.10 Å². The van der Waals surface area contributed by atoms with Gasteiger partial charge in [-0.3, -0.25) is 4.79 Å². The second-order valence-corrected chi connectivity index (χ2v) is 17.8. The van der Waals surface area contributed by atoms with E-state index in [4.69, 9.17) is 4.52 Å². The van der Waals surface area contributed by atoms with Crippen LogP contribution in [-0.4, -0.2) is 23.7 Å². The van der Waals surface area contributed by atoms with Crippen molar-refractivity contribution in [2.45, 2.75) is 82.3 Å². The van der Waals surface area contributed by atoms with E-state index in [1.807, 2.05) is 11.7 Å². The van der Waals surface area contributed by atoms with Gasteiger partial charge in [0, 0.05) is 28.3 Å². The molecule has 0 aliphatic carbocycles. The van der Waals surface area contributed by atoms with Crippen LogP contribution >= 0.6 is 16.2 Å². The molecule has 0 aliphatic rings. The van der Waals surface area contributed by atoms with E-state index in [1.165, 1.54) is 55.1 Å². The predicted octanol–water partition coefficient (Wildman–Crippen LogP) is 8.44. The van der Waals surface area contributed by atoms with Crippen molar-refractivity contribution in [3.63, 3.8) is 0 Å². The first kappa shape index (κ1) is 34.1. The number of aryl methyl sites for hydroxylation is 8. The number of nitrogens with zero attached hydrogens (tertiary/aromatic N) is 1. The zero-order chi connectivity index (χ0) is 32.5. The van der Waals surface area contributed by atoms with Crippen LogP contribution in [0.1, 0.15) is 65.3 Å². The van der Waals surface area contributed by atoms with Crippen molar-refractivity contribution in [2.75, 3.05) is 7.05 Å². The fourth-order valence-electron chi connectivity index (χ4n) is 6.00. The molecule has 0 aliphatic heterocycles. The first-order valence-corrected chi connectivity index (χ1v) is 17.9. The van der Waals surface area contributed by atoms with E-state index in [0.29, 0.717) is 0 Å². The molecule has 0 spiro atoms. The lowest BCUT2D eigenvalue weighted by Gasteiger charge is -2.38. The van der Waals surface area contributed by atoms with Crippen LogP contribution in [-0.2, 0) is 9.32 Å². The van der Waals surface area contributed by atoms with Gasteiger partial charge in [-0.25, -0.2) is 0 Å². The van der Waals surface area contributed by atoms with E-state index in [9.17, 15) is 4.79 Å². The Hall–Kier alpha value is -2.83. The largest absolute Gasteiger partial charge is 0.336 e. The molecule has 0 unspecified atom stereocenters. The topological polar surface area (TPSA) is 29.5 Å². The molecule has 0 heterocycles. The molecule has 3 nitrogen and oxygen atoms in total. The Kier molecular flexibility index (Phi) is 10.6. The van der Waals surface area contributed by atoms with E-state index in [2.05, 4.69) is 149 Å². The Balaban J connectivity index is 1.85. The molecule has 232 valence electrons. The van der Waals surface area contributed by atoms with Crippen LogP contribution in [0.25, 0.3) is 0 Å². The molecule has 4 rings (SSSR count). The van der Waals surface area contributed by atoms with Gasteiger partial charge in [-0.15, -0.1) is 0 Å². The molecule has 0 N–H and O–H groups in total. The van der Waals surface area contributed by atoms with Crippen LogP contribution < -0.4 is 21.2 Å². The second-order valence-electron chi connectivity index (χ2n) is 13.7. The summed E-state index contributed by atoms with van der Waals surface area (Å²) in [7, 11) is -0.431. The number of hydrogen-bond donors (Lipinski definition) is 0. The lowest BCUT2D eigenvalue weighted by Crippen LogP contribution is -2.45. The van der Waals surface area contributed by atoms with Gasteiger partial charge in [-0.05, 0) is 109 Å². The third-order valence-electron chi connectivity index (χ3n) is 7.62. The maximum absolute atomic E-state index is 14.9. The van der Waals surface area contributed by atoms with Crippen molar-refractivity contribution in [1.29, 1.82) is 0 Å². The van der Waals surface area contributed by atoms with Crippen LogP contribution in [0.2, 0.25) is 0 Å². The van der Waals surface area contributed by atoms with Gasteiger partial charge in [-0.2, -0.15) is 0 Å². The number of benzene rings is 4. The zero-order valence-electron chi connectivity index (χ0n) is 28.7. The van der Waals surface area contributed by atoms with Crippen molar-refractivity contribution >= 4 is 43.3 Å². The number of likely N-dealkylation sites (N-methyl/N-ethyl adjacent to an activating group) is 1. The predicted molar refractivity (Wildman–Crippen MR) is 193 cm³/mol. The molecule has 4 aromatic rings. The summed E-state index contributed by atoms with van der Waals surface area (Å²) in [6, 6.07) is 26.6. The molecule has 0 aromatic heterocycles. The van der Waals surface area contributed by atoms with Crippen LogP contribution in [0.15, 0.2) is 72.8 Å². The smallest absolute Gasteiger partial charge is 0.256 e. The van der Waals surface area contributed by atoms with Gasteiger partial charge < -0.3 is 9.19 Å². The third-order valence-corrected chi connectivity index (χ3v) is 11.8. The Morgan fingerprint density at radius 3 is 1.09 bits per heavy atom. The van der Waals surface area contributed by atoms with Crippen molar-refractivity contribution in [2.24, 2.45) is 5.41 Å². The van der Waals surface area contributed by atoms with E-state index in [0.717, 1.165) is 10.6 Å². The number of amides is 1. The van der Waals surface area contributed by atoms with Gasteiger partial charge in [0.15, 0.2) is 0 Å². The minimum atomic E-state index is -1.27. The minimum absolute atomic E-state index is 0.0168. The first-order valence-electron chi connectivity index (χ1n) is 15.4. The summed E-state index contributed by atoms with van der Waals surface area (Å²) in [5.41, 5.74) is 9.17. The highest BCUT2D eigenvalue weighted by molar-refractivity contribution is 7.71. The van der Waals surface area contributed by atoms with Gasteiger partial charge in [0.25, 0.3) is 5.91 Å². The highest BCUT2D eigenvalue weighted by atomic mass is 31.1. The summed E-state index contributed by atoms with van der Waals surface area (Å²) in [4.78, 5) is 14.9. The summed E-state index contributed by atoms with van der Waals surface area (Å²) in [5, 5.41) is 4.63. The number of carbonyl (C=O) groups excluding carboxylic acids is 1. The van der Waals surface area contributed by atoms with E-state index >= 15 is 0 Å². The van der Waals surface area contributed by atoms with Crippen molar-refractivity contribution < 1.29 is 9.32 Å². The van der Waals surface area contributed by atoms with E-state index < -0.39 is 27.7 Å². The average Bonchev–Trinajstić information content (AvgIpc) is 2.86. The summed E-state index contributed by atoms with van der Waals surface area (Å²) >= 11 is 0. The molecule has 4 aromatic carbocycles. The van der Waals surface area contributed by atoms with Gasteiger partial charge in [0.2, 0.25) is 0 Å². The Morgan fingerprint density at radius 2 is 0.818 bits per heavy atom. The molecule has 1 atom stereocenters. The standard InChI is InChI=1S/C39H49NO2P2/c1-25-13-26(2)18-33(17-25)43(34-19-27(3)14-28(4)20-34)40(12)38(41)37(39(9,10)11)42-44(35-21-29(5)15-30(6)22-35)36-23-31(7)16-32(8)24-36/h13-24,37H,1-12H3/t37-/m1/s1. The summed E-state index contributed by atoms with van der Waals surface area (Å²) in [6.45, 7) is 23.4. The van der Waals surface area contributed by atoms with Gasteiger partial charge in [-0.1, -0.05) is 89.5 Å². The van der Waals surface area contributed by atoms with E-state index in [1.54, 1.807) is 0 Å². The van der Waals surface area contributed by atoms with Crippen molar-refractivity contribution in [3.05, 3.63) is 117 Å². The maximum Gasteiger partial charge on any atom is 0.256 e. The number of rotatable bonds is 8. The quantitative estimate of drug-likeness (QED) is 0.184. The molecule has 0 fully saturated rings. The normalized spacial score (nSPS) is 12.6. The van der Waals surface area contributed by atoms with Crippen LogP contribution in [0.5, 0.6) is 0 Å². The fourth-order valence-corrected chi connectivity index (χ4v) is 11.0. The Labute approximate surface area is 268 Å². The third kappa shape index (κ3) is 8.25. The van der Waals surface area contributed by atoms with E-state index in [-0.39, 0.29) is 5.91 Å². The molecule has 44 heavy (non-hydrogen) atoms. The zero-order valence-corrected chi connectivity index (χ0v) is 30.5. The van der Waals surface area contributed by atoms with Crippen molar-refractivity contribution in [1.82, 2.24) is 4.67 Å². The summed E-state index contributed by atoms with van der Waals surface area (Å²) < 4.78 is 9.18. The fraction of sp³-hybridized carbons (Fsp3) is 0.359.